The Morgan fingerprint density at radius 2 is 2.04 bits per heavy atom. The smallest absolute Gasteiger partial charge is 0.191 e. The van der Waals surface area contributed by atoms with E-state index in [1.54, 1.807) is 14.0 Å². The minimum Gasteiger partial charge on any atom is -0.487 e. The molecule has 142 valence electrons. The zero-order valence-electron chi connectivity index (χ0n) is 15.2. The standard InChI is InChI=1S/C17H27N3O3S.HI/c1-5-24(21,22)11-10-19-16(18-4)20-14-12-17(2,3)23-15-9-7-6-8-13(14)15;/h6-9,14H,5,10-12H2,1-4H3,(H2,18,19,20);1H. The summed E-state index contributed by atoms with van der Waals surface area (Å²) in [6.07, 6.45) is 0.790. The molecule has 0 saturated heterocycles. The molecule has 25 heavy (non-hydrogen) atoms. The molecule has 0 fully saturated rings. The van der Waals surface area contributed by atoms with Gasteiger partial charge in [-0.15, -0.1) is 24.0 Å². The molecule has 0 aromatic heterocycles. The summed E-state index contributed by atoms with van der Waals surface area (Å²) in [4.78, 5) is 4.21. The molecule has 1 aliphatic heterocycles. The molecule has 0 saturated carbocycles. The molecule has 0 aliphatic carbocycles. The van der Waals surface area contributed by atoms with Crippen LogP contribution in [-0.4, -0.2) is 45.1 Å². The van der Waals surface area contributed by atoms with Crippen LogP contribution >= 0.6 is 24.0 Å². The van der Waals surface area contributed by atoms with E-state index in [0.717, 1.165) is 17.7 Å². The fourth-order valence-corrected chi connectivity index (χ4v) is 3.46. The third kappa shape index (κ3) is 6.32. The second kappa shape index (κ2) is 9.07. The second-order valence-electron chi connectivity index (χ2n) is 6.54. The van der Waals surface area contributed by atoms with Crippen molar-refractivity contribution in [1.29, 1.82) is 0 Å². The van der Waals surface area contributed by atoms with Crippen LogP contribution in [0.2, 0.25) is 0 Å². The molecular weight excluding hydrogens is 453 g/mol. The molecule has 8 heteroatoms. The second-order valence-corrected chi connectivity index (χ2v) is 9.01. The Morgan fingerprint density at radius 1 is 1.36 bits per heavy atom. The topological polar surface area (TPSA) is 79.8 Å². The van der Waals surface area contributed by atoms with Gasteiger partial charge in [-0.2, -0.15) is 0 Å². The normalized spacial score (nSPS) is 19.2. The van der Waals surface area contributed by atoms with Gasteiger partial charge in [0.15, 0.2) is 15.8 Å². The number of fused-ring (bicyclic) bond motifs is 1. The maximum absolute atomic E-state index is 11.6. The Labute approximate surface area is 167 Å². The third-order valence-corrected chi connectivity index (χ3v) is 5.76. The maximum Gasteiger partial charge on any atom is 0.191 e. The van der Waals surface area contributed by atoms with Crippen molar-refractivity contribution in [2.45, 2.75) is 38.8 Å². The van der Waals surface area contributed by atoms with E-state index in [1.165, 1.54) is 0 Å². The number of aliphatic imine (C=N–C) groups is 1. The summed E-state index contributed by atoms with van der Waals surface area (Å²) < 4.78 is 29.2. The highest BCUT2D eigenvalue weighted by Gasteiger charge is 2.33. The minimum atomic E-state index is -2.99. The lowest BCUT2D eigenvalue weighted by Crippen LogP contribution is -2.46. The molecule has 0 radical (unpaired) electrons. The van der Waals surface area contributed by atoms with E-state index >= 15 is 0 Å². The van der Waals surface area contributed by atoms with Gasteiger partial charge in [-0.25, -0.2) is 8.42 Å². The minimum absolute atomic E-state index is 0. The van der Waals surface area contributed by atoms with Crippen LogP contribution in [0.4, 0.5) is 0 Å². The molecule has 2 N–H and O–H groups in total. The summed E-state index contributed by atoms with van der Waals surface area (Å²) in [5.74, 6) is 1.72. The summed E-state index contributed by atoms with van der Waals surface area (Å²) in [5.41, 5.74) is 0.803. The molecule has 0 amide bonds. The highest BCUT2D eigenvalue weighted by atomic mass is 127. The average molecular weight is 481 g/mol. The van der Waals surface area contributed by atoms with Gasteiger partial charge in [-0.3, -0.25) is 4.99 Å². The Morgan fingerprint density at radius 3 is 2.68 bits per heavy atom. The predicted molar refractivity (Wildman–Crippen MR) is 113 cm³/mol. The monoisotopic (exact) mass is 481 g/mol. The van der Waals surface area contributed by atoms with Crippen molar-refractivity contribution in [3.05, 3.63) is 29.8 Å². The lowest BCUT2D eigenvalue weighted by Gasteiger charge is -2.38. The molecule has 0 bridgehead atoms. The van der Waals surface area contributed by atoms with Crippen molar-refractivity contribution in [3.8, 4) is 5.75 Å². The number of nitrogens with one attached hydrogen (secondary N) is 2. The van der Waals surface area contributed by atoms with Crippen LogP contribution in [0.15, 0.2) is 29.3 Å². The first-order valence-electron chi connectivity index (χ1n) is 8.22. The van der Waals surface area contributed by atoms with Crippen LogP contribution in [0.1, 0.15) is 38.8 Å². The Hall–Kier alpha value is -1.03. The molecule has 1 aromatic carbocycles. The van der Waals surface area contributed by atoms with Crippen molar-refractivity contribution in [3.63, 3.8) is 0 Å². The first kappa shape index (κ1) is 22.0. The van der Waals surface area contributed by atoms with E-state index in [9.17, 15) is 8.42 Å². The maximum atomic E-state index is 11.6. The van der Waals surface area contributed by atoms with E-state index in [2.05, 4.69) is 29.5 Å². The third-order valence-electron chi connectivity index (χ3n) is 4.06. The van der Waals surface area contributed by atoms with Gasteiger partial charge in [0.1, 0.15) is 11.4 Å². The Bertz CT molecular complexity index is 705. The summed E-state index contributed by atoms with van der Waals surface area (Å²) >= 11 is 0. The molecule has 1 unspecified atom stereocenters. The van der Waals surface area contributed by atoms with E-state index in [4.69, 9.17) is 4.74 Å². The van der Waals surface area contributed by atoms with Crippen molar-refractivity contribution in [2.24, 2.45) is 4.99 Å². The first-order valence-corrected chi connectivity index (χ1v) is 10.0. The quantitative estimate of drug-likeness (QED) is 0.384. The van der Waals surface area contributed by atoms with Crippen LogP contribution in [0.5, 0.6) is 5.75 Å². The van der Waals surface area contributed by atoms with Gasteiger partial charge in [-0.05, 0) is 19.9 Å². The van der Waals surface area contributed by atoms with Gasteiger partial charge < -0.3 is 15.4 Å². The highest BCUT2D eigenvalue weighted by Crippen LogP contribution is 2.39. The number of guanidine groups is 1. The number of ether oxygens (including phenoxy) is 1. The first-order chi connectivity index (χ1) is 11.3. The van der Waals surface area contributed by atoms with E-state index in [1.807, 2.05) is 24.3 Å². The fraction of sp³-hybridized carbons (Fsp3) is 0.588. The van der Waals surface area contributed by atoms with Crippen LogP contribution in [0, 0.1) is 0 Å². The average Bonchev–Trinajstić information content (AvgIpc) is 2.52. The molecule has 1 aliphatic rings. The summed E-state index contributed by atoms with van der Waals surface area (Å²) in [7, 11) is -1.31. The lowest BCUT2D eigenvalue weighted by molar-refractivity contribution is 0.0694. The van der Waals surface area contributed by atoms with E-state index in [0.29, 0.717) is 12.5 Å². The van der Waals surface area contributed by atoms with Crippen LogP contribution in [-0.2, 0) is 9.84 Å². The number of para-hydroxylation sites is 1. The fourth-order valence-electron chi connectivity index (χ4n) is 2.76. The lowest BCUT2D eigenvalue weighted by atomic mass is 9.90. The van der Waals surface area contributed by atoms with Gasteiger partial charge in [0.2, 0.25) is 0 Å². The Balaban J connectivity index is 0.00000312. The van der Waals surface area contributed by atoms with E-state index < -0.39 is 9.84 Å². The van der Waals surface area contributed by atoms with Crippen molar-refractivity contribution in [2.75, 3.05) is 25.1 Å². The summed E-state index contributed by atoms with van der Waals surface area (Å²) in [5, 5.41) is 6.47. The summed E-state index contributed by atoms with van der Waals surface area (Å²) in [6.45, 7) is 6.11. The molecule has 1 atom stereocenters. The zero-order valence-corrected chi connectivity index (χ0v) is 18.4. The number of benzene rings is 1. The van der Waals surface area contributed by atoms with Gasteiger partial charge in [0, 0.05) is 31.3 Å². The SMILES string of the molecule is CCS(=O)(=O)CCNC(=NC)NC1CC(C)(C)Oc2ccccc21.I. The van der Waals surface area contributed by atoms with Gasteiger partial charge in [-0.1, -0.05) is 25.1 Å². The molecular formula is C17H28IN3O3S. The predicted octanol–water partition coefficient (Wildman–Crippen LogP) is 2.51. The van der Waals surface area contributed by atoms with Crippen molar-refractivity contribution < 1.29 is 13.2 Å². The number of rotatable bonds is 5. The van der Waals surface area contributed by atoms with Crippen molar-refractivity contribution in [1.82, 2.24) is 10.6 Å². The number of hydrogen-bond acceptors (Lipinski definition) is 4. The molecule has 0 spiro atoms. The van der Waals surface area contributed by atoms with Crippen LogP contribution in [0.25, 0.3) is 0 Å². The van der Waals surface area contributed by atoms with Gasteiger partial charge >= 0.3 is 0 Å². The van der Waals surface area contributed by atoms with Gasteiger partial charge in [0.05, 0.1) is 11.8 Å². The molecule has 6 nitrogen and oxygen atoms in total. The molecule has 2 rings (SSSR count). The van der Waals surface area contributed by atoms with Crippen LogP contribution < -0.4 is 15.4 Å². The number of nitrogens with zero attached hydrogens (tertiary/aromatic N) is 1. The number of sulfone groups is 1. The largest absolute Gasteiger partial charge is 0.487 e. The highest BCUT2D eigenvalue weighted by molar-refractivity contribution is 14.0. The molecule has 1 heterocycles. The molecule has 1 aromatic rings. The number of halogens is 1. The van der Waals surface area contributed by atoms with Crippen LogP contribution in [0.3, 0.4) is 0 Å². The Kier molecular flexibility index (Phi) is 7.98. The zero-order chi connectivity index (χ0) is 17.8. The van der Waals surface area contributed by atoms with Gasteiger partial charge in [0.25, 0.3) is 0 Å². The number of hydrogen-bond donors (Lipinski definition) is 2. The summed E-state index contributed by atoms with van der Waals surface area (Å²) in [6, 6.07) is 8.00. The van der Waals surface area contributed by atoms with E-state index in [-0.39, 0.29) is 47.1 Å². The van der Waals surface area contributed by atoms with Crippen molar-refractivity contribution >= 4 is 39.8 Å².